The lowest BCUT2D eigenvalue weighted by Crippen LogP contribution is -2.49. The molecular formula is C19H41N5. The van der Waals surface area contributed by atoms with Crippen molar-refractivity contribution in [2.24, 2.45) is 4.99 Å². The van der Waals surface area contributed by atoms with Crippen molar-refractivity contribution >= 4 is 5.96 Å². The first-order valence-electron chi connectivity index (χ1n) is 10.1. The molecule has 0 radical (unpaired) electrons. The molecule has 1 heterocycles. The average Bonchev–Trinajstić information content (AvgIpc) is 2.59. The topological polar surface area (TPSA) is 42.9 Å². The summed E-state index contributed by atoms with van der Waals surface area (Å²) in [5, 5.41) is 7.10. The Morgan fingerprint density at radius 2 is 1.71 bits per heavy atom. The largest absolute Gasteiger partial charge is 0.356 e. The standard InChI is InChI=1S/C19H41N5/c1-5-12-23(13-6-2)15-8-11-21-19(20-4)22-18-9-16-24(14-7-3)17-10-18/h18H,5-17H2,1-4H3,(H2,20,21,22). The molecule has 0 amide bonds. The Balaban J connectivity index is 2.19. The molecule has 0 aliphatic carbocycles. The van der Waals surface area contributed by atoms with Crippen molar-refractivity contribution < 1.29 is 0 Å². The van der Waals surface area contributed by atoms with Gasteiger partial charge in [-0.15, -0.1) is 0 Å². The summed E-state index contributed by atoms with van der Waals surface area (Å²) < 4.78 is 0. The molecule has 1 saturated heterocycles. The lowest BCUT2D eigenvalue weighted by Gasteiger charge is -2.32. The van der Waals surface area contributed by atoms with Crippen LogP contribution in [0.1, 0.15) is 59.3 Å². The van der Waals surface area contributed by atoms with E-state index >= 15 is 0 Å². The van der Waals surface area contributed by atoms with E-state index in [1.807, 2.05) is 7.05 Å². The van der Waals surface area contributed by atoms with Gasteiger partial charge in [0.2, 0.25) is 0 Å². The highest BCUT2D eigenvalue weighted by Crippen LogP contribution is 2.10. The van der Waals surface area contributed by atoms with Crippen LogP contribution in [0.4, 0.5) is 0 Å². The maximum atomic E-state index is 4.39. The molecule has 0 unspecified atom stereocenters. The number of piperidine rings is 1. The number of nitrogens with zero attached hydrogens (tertiary/aromatic N) is 3. The summed E-state index contributed by atoms with van der Waals surface area (Å²) in [5.74, 6) is 0.974. The zero-order chi connectivity index (χ0) is 17.6. The minimum atomic E-state index is 0.570. The van der Waals surface area contributed by atoms with Crippen molar-refractivity contribution in [2.75, 3.05) is 52.9 Å². The Morgan fingerprint density at radius 3 is 2.25 bits per heavy atom. The van der Waals surface area contributed by atoms with Crippen molar-refractivity contribution in [3.05, 3.63) is 0 Å². The van der Waals surface area contributed by atoms with Crippen molar-refractivity contribution in [2.45, 2.75) is 65.3 Å². The average molecular weight is 340 g/mol. The minimum absolute atomic E-state index is 0.570. The Kier molecular flexibility index (Phi) is 11.9. The molecule has 2 N–H and O–H groups in total. The predicted octanol–water partition coefficient (Wildman–Crippen LogP) is 2.54. The molecule has 5 nitrogen and oxygen atoms in total. The molecule has 5 heteroatoms. The molecule has 0 aromatic carbocycles. The van der Waals surface area contributed by atoms with Crippen LogP contribution in [0.2, 0.25) is 0 Å². The number of hydrogen-bond acceptors (Lipinski definition) is 3. The molecule has 0 aromatic rings. The second-order valence-electron chi connectivity index (χ2n) is 6.95. The normalized spacial score (nSPS) is 17.5. The molecule has 142 valence electrons. The van der Waals surface area contributed by atoms with Gasteiger partial charge in [0.1, 0.15) is 0 Å². The Labute approximate surface area is 150 Å². The van der Waals surface area contributed by atoms with E-state index in [0.29, 0.717) is 6.04 Å². The lowest BCUT2D eigenvalue weighted by atomic mass is 10.1. The number of rotatable bonds is 11. The van der Waals surface area contributed by atoms with Crippen LogP contribution in [0.5, 0.6) is 0 Å². The molecule has 1 aliphatic heterocycles. The van der Waals surface area contributed by atoms with Gasteiger partial charge < -0.3 is 20.4 Å². The van der Waals surface area contributed by atoms with Crippen LogP contribution in [0.15, 0.2) is 4.99 Å². The third-order valence-corrected chi connectivity index (χ3v) is 4.72. The van der Waals surface area contributed by atoms with Gasteiger partial charge in [-0.3, -0.25) is 4.99 Å². The number of likely N-dealkylation sites (tertiary alicyclic amines) is 1. The van der Waals surface area contributed by atoms with E-state index in [1.54, 1.807) is 0 Å². The van der Waals surface area contributed by atoms with Gasteiger partial charge in [-0.05, 0) is 64.7 Å². The maximum absolute atomic E-state index is 4.39. The highest BCUT2D eigenvalue weighted by atomic mass is 15.2. The minimum Gasteiger partial charge on any atom is -0.356 e. The molecule has 1 rings (SSSR count). The summed E-state index contributed by atoms with van der Waals surface area (Å²) in [6, 6.07) is 0.570. The van der Waals surface area contributed by atoms with E-state index in [1.165, 1.54) is 77.8 Å². The first kappa shape index (κ1) is 21.2. The highest BCUT2D eigenvalue weighted by Gasteiger charge is 2.19. The lowest BCUT2D eigenvalue weighted by molar-refractivity contribution is 0.206. The third-order valence-electron chi connectivity index (χ3n) is 4.72. The molecule has 0 spiro atoms. The number of guanidine groups is 1. The molecule has 1 aliphatic rings. The highest BCUT2D eigenvalue weighted by molar-refractivity contribution is 5.79. The maximum Gasteiger partial charge on any atom is 0.191 e. The first-order valence-corrected chi connectivity index (χ1v) is 10.1. The third kappa shape index (κ3) is 8.88. The molecule has 0 bridgehead atoms. The van der Waals surface area contributed by atoms with Gasteiger partial charge in [0.15, 0.2) is 5.96 Å². The van der Waals surface area contributed by atoms with Gasteiger partial charge in [-0.1, -0.05) is 20.8 Å². The van der Waals surface area contributed by atoms with Crippen LogP contribution in [0, 0.1) is 0 Å². The van der Waals surface area contributed by atoms with Crippen LogP contribution < -0.4 is 10.6 Å². The molecule has 0 aromatic heterocycles. The number of hydrogen-bond donors (Lipinski definition) is 2. The fourth-order valence-corrected chi connectivity index (χ4v) is 3.48. The van der Waals surface area contributed by atoms with Gasteiger partial charge in [-0.25, -0.2) is 0 Å². The summed E-state index contributed by atoms with van der Waals surface area (Å²) in [7, 11) is 1.88. The van der Waals surface area contributed by atoms with Crippen LogP contribution >= 0.6 is 0 Å². The van der Waals surface area contributed by atoms with Gasteiger partial charge >= 0.3 is 0 Å². The number of aliphatic imine (C=N–C) groups is 1. The van der Waals surface area contributed by atoms with E-state index in [0.717, 1.165) is 12.5 Å². The van der Waals surface area contributed by atoms with Crippen molar-refractivity contribution in [3.8, 4) is 0 Å². The van der Waals surface area contributed by atoms with E-state index < -0.39 is 0 Å². The van der Waals surface area contributed by atoms with Crippen LogP contribution in [-0.2, 0) is 0 Å². The fourth-order valence-electron chi connectivity index (χ4n) is 3.48. The van der Waals surface area contributed by atoms with E-state index in [-0.39, 0.29) is 0 Å². The van der Waals surface area contributed by atoms with E-state index in [2.05, 4.69) is 46.2 Å². The molecule has 24 heavy (non-hydrogen) atoms. The summed E-state index contributed by atoms with van der Waals surface area (Å²) in [6.45, 7) is 15.1. The van der Waals surface area contributed by atoms with E-state index in [4.69, 9.17) is 0 Å². The van der Waals surface area contributed by atoms with Crippen molar-refractivity contribution in [1.29, 1.82) is 0 Å². The van der Waals surface area contributed by atoms with Crippen LogP contribution in [0.25, 0.3) is 0 Å². The predicted molar refractivity (Wildman–Crippen MR) is 106 cm³/mol. The first-order chi connectivity index (χ1) is 11.7. The van der Waals surface area contributed by atoms with Gasteiger partial charge in [-0.2, -0.15) is 0 Å². The van der Waals surface area contributed by atoms with Crippen molar-refractivity contribution in [3.63, 3.8) is 0 Å². The quantitative estimate of drug-likeness (QED) is 0.345. The monoisotopic (exact) mass is 339 g/mol. The summed E-state index contributed by atoms with van der Waals surface area (Å²) in [6.07, 6.45) is 7.37. The van der Waals surface area contributed by atoms with Crippen molar-refractivity contribution in [1.82, 2.24) is 20.4 Å². The zero-order valence-electron chi connectivity index (χ0n) is 16.6. The zero-order valence-corrected chi connectivity index (χ0v) is 16.6. The second-order valence-corrected chi connectivity index (χ2v) is 6.95. The molecule has 0 saturated carbocycles. The van der Waals surface area contributed by atoms with Gasteiger partial charge in [0, 0.05) is 32.7 Å². The second kappa shape index (κ2) is 13.5. The van der Waals surface area contributed by atoms with Gasteiger partial charge in [0.05, 0.1) is 0 Å². The summed E-state index contributed by atoms with van der Waals surface area (Å²) in [4.78, 5) is 9.54. The Morgan fingerprint density at radius 1 is 1.04 bits per heavy atom. The smallest absolute Gasteiger partial charge is 0.191 e. The fraction of sp³-hybridized carbons (Fsp3) is 0.947. The van der Waals surface area contributed by atoms with Gasteiger partial charge in [0.25, 0.3) is 0 Å². The Bertz CT molecular complexity index is 318. The van der Waals surface area contributed by atoms with Crippen LogP contribution in [-0.4, -0.2) is 74.7 Å². The van der Waals surface area contributed by atoms with E-state index in [9.17, 15) is 0 Å². The number of nitrogens with one attached hydrogen (secondary N) is 2. The molecule has 0 atom stereocenters. The summed E-state index contributed by atoms with van der Waals surface area (Å²) in [5.41, 5.74) is 0. The summed E-state index contributed by atoms with van der Waals surface area (Å²) >= 11 is 0. The molecule has 1 fully saturated rings. The van der Waals surface area contributed by atoms with Crippen LogP contribution in [0.3, 0.4) is 0 Å². The Hall–Kier alpha value is -0.810. The SMILES string of the molecule is CCCN(CCC)CCCNC(=NC)NC1CCN(CCC)CC1. The molecular weight excluding hydrogens is 298 g/mol.